The van der Waals surface area contributed by atoms with Crippen LogP contribution in [0.2, 0.25) is 5.02 Å². The Labute approximate surface area is 157 Å². The van der Waals surface area contributed by atoms with Crippen LogP contribution in [-0.2, 0) is 16.6 Å². The number of halogens is 1. The molecule has 3 aromatic carbocycles. The van der Waals surface area contributed by atoms with Crippen LogP contribution in [0.15, 0.2) is 59.5 Å². The van der Waals surface area contributed by atoms with E-state index >= 15 is 0 Å². The first-order valence-electron chi connectivity index (χ1n) is 8.21. The molecule has 0 aromatic heterocycles. The Hall–Kier alpha value is -2.28. The SMILES string of the molecule is O=S(=O)(Nc1ccc2c(c1)CNCCO2)c1ccc(Cl)c2ccccc12. The maximum absolute atomic E-state index is 13.0. The van der Waals surface area contributed by atoms with E-state index in [0.29, 0.717) is 34.6 Å². The number of rotatable bonds is 3. The van der Waals surface area contributed by atoms with Crippen molar-refractivity contribution < 1.29 is 13.2 Å². The van der Waals surface area contributed by atoms with Crippen molar-refractivity contribution in [3.63, 3.8) is 0 Å². The van der Waals surface area contributed by atoms with Crippen LogP contribution in [0.25, 0.3) is 10.8 Å². The number of sulfonamides is 1. The summed E-state index contributed by atoms with van der Waals surface area (Å²) >= 11 is 6.20. The van der Waals surface area contributed by atoms with Crippen LogP contribution in [0.3, 0.4) is 0 Å². The largest absolute Gasteiger partial charge is 0.492 e. The number of fused-ring (bicyclic) bond motifs is 2. The van der Waals surface area contributed by atoms with Crippen LogP contribution in [-0.4, -0.2) is 21.6 Å². The predicted molar refractivity (Wildman–Crippen MR) is 103 cm³/mol. The molecule has 2 N–H and O–H groups in total. The fraction of sp³-hybridized carbons (Fsp3) is 0.158. The van der Waals surface area contributed by atoms with Gasteiger partial charge in [0.2, 0.25) is 0 Å². The standard InChI is InChI=1S/C19H17ClN2O3S/c20-17-6-8-19(16-4-2-1-3-15(16)17)26(23,24)22-14-5-7-18-13(11-14)12-21-9-10-25-18/h1-8,11,21-22H,9-10,12H2. The molecule has 1 aliphatic heterocycles. The zero-order valence-electron chi connectivity index (χ0n) is 13.8. The van der Waals surface area contributed by atoms with E-state index in [1.807, 2.05) is 12.1 Å². The van der Waals surface area contributed by atoms with E-state index in [0.717, 1.165) is 17.9 Å². The maximum Gasteiger partial charge on any atom is 0.262 e. The summed E-state index contributed by atoms with van der Waals surface area (Å²) in [5.41, 5.74) is 1.42. The Bertz CT molecular complexity index is 1080. The number of anilines is 1. The van der Waals surface area contributed by atoms with E-state index in [1.54, 1.807) is 36.4 Å². The molecule has 4 rings (SSSR count). The van der Waals surface area contributed by atoms with Crippen LogP contribution in [0.5, 0.6) is 5.75 Å². The van der Waals surface area contributed by atoms with Crippen molar-refractivity contribution in [3.05, 3.63) is 65.2 Å². The smallest absolute Gasteiger partial charge is 0.262 e. The molecule has 26 heavy (non-hydrogen) atoms. The van der Waals surface area contributed by atoms with Gasteiger partial charge in [-0.15, -0.1) is 0 Å². The molecule has 134 valence electrons. The first-order chi connectivity index (χ1) is 12.5. The first kappa shape index (κ1) is 17.1. The second-order valence-corrected chi connectivity index (χ2v) is 8.10. The Morgan fingerprint density at radius 3 is 2.69 bits per heavy atom. The van der Waals surface area contributed by atoms with Gasteiger partial charge in [0.15, 0.2) is 0 Å². The monoisotopic (exact) mass is 388 g/mol. The lowest BCUT2D eigenvalue weighted by Crippen LogP contribution is -2.16. The molecular weight excluding hydrogens is 372 g/mol. The summed E-state index contributed by atoms with van der Waals surface area (Å²) in [6.07, 6.45) is 0. The summed E-state index contributed by atoms with van der Waals surface area (Å²) in [4.78, 5) is 0.196. The minimum absolute atomic E-state index is 0.196. The Kier molecular flexibility index (Phi) is 4.48. The highest BCUT2D eigenvalue weighted by atomic mass is 35.5. The number of hydrogen-bond acceptors (Lipinski definition) is 4. The van der Waals surface area contributed by atoms with E-state index in [2.05, 4.69) is 10.0 Å². The van der Waals surface area contributed by atoms with Gasteiger partial charge in [0.1, 0.15) is 12.4 Å². The van der Waals surface area contributed by atoms with Crippen molar-refractivity contribution in [1.29, 1.82) is 0 Å². The molecule has 3 aromatic rings. The summed E-state index contributed by atoms with van der Waals surface area (Å²) in [6.45, 7) is 1.98. The Balaban J connectivity index is 1.73. The predicted octanol–water partition coefficient (Wildman–Crippen LogP) is 3.78. The fourth-order valence-electron chi connectivity index (χ4n) is 3.06. The highest BCUT2D eigenvalue weighted by Crippen LogP contribution is 2.31. The van der Waals surface area contributed by atoms with E-state index in [4.69, 9.17) is 16.3 Å². The van der Waals surface area contributed by atoms with Gasteiger partial charge in [-0.05, 0) is 30.3 Å². The summed E-state index contributed by atoms with van der Waals surface area (Å²) in [5, 5.41) is 5.06. The number of benzene rings is 3. The summed E-state index contributed by atoms with van der Waals surface area (Å²) < 4.78 is 34.2. The van der Waals surface area contributed by atoms with Gasteiger partial charge in [-0.3, -0.25) is 4.72 Å². The summed E-state index contributed by atoms with van der Waals surface area (Å²) in [7, 11) is -3.76. The van der Waals surface area contributed by atoms with Gasteiger partial charge >= 0.3 is 0 Å². The van der Waals surface area contributed by atoms with Crippen molar-refractivity contribution in [2.24, 2.45) is 0 Å². The highest BCUT2D eigenvalue weighted by molar-refractivity contribution is 7.93. The van der Waals surface area contributed by atoms with Crippen LogP contribution in [0.4, 0.5) is 5.69 Å². The normalized spacial score (nSPS) is 14.3. The molecule has 0 radical (unpaired) electrons. The molecule has 1 heterocycles. The average Bonchev–Trinajstić information content (AvgIpc) is 2.86. The first-order valence-corrected chi connectivity index (χ1v) is 10.1. The third-order valence-corrected chi connectivity index (χ3v) is 6.05. The van der Waals surface area contributed by atoms with Crippen molar-refractivity contribution >= 4 is 38.1 Å². The number of ether oxygens (including phenoxy) is 1. The lowest BCUT2D eigenvalue weighted by molar-refractivity contribution is 0.326. The summed E-state index contributed by atoms with van der Waals surface area (Å²) in [6, 6.07) is 15.6. The molecule has 0 spiro atoms. The molecular formula is C19H17ClN2O3S. The topological polar surface area (TPSA) is 67.4 Å². The quantitative estimate of drug-likeness (QED) is 0.716. The molecule has 0 atom stereocenters. The molecule has 0 saturated carbocycles. The Morgan fingerprint density at radius 1 is 1.04 bits per heavy atom. The van der Waals surface area contributed by atoms with Gasteiger partial charge in [0.05, 0.1) is 4.90 Å². The van der Waals surface area contributed by atoms with Gasteiger partial charge in [-0.1, -0.05) is 35.9 Å². The zero-order valence-corrected chi connectivity index (χ0v) is 15.4. The van der Waals surface area contributed by atoms with E-state index in [9.17, 15) is 8.42 Å². The van der Waals surface area contributed by atoms with Gasteiger partial charge < -0.3 is 10.1 Å². The van der Waals surface area contributed by atoms with Crippen molar-refractivity contribution in [1.82, 2.24) is 5.32 Å². The van der Waals surface area contributed by atoms with Crippen LogP contribution < -0.4 is 14.8 Å². The fourth-order valence-corrected chi connectivity index (χ4v) is 4.55. The van der Waals surface area contributed by atoms with Gasteiger partial charge in [-0.25, -0.2) is 8.42 Å². The molecule has 1 aliphatic rings. The van der Waals surface area contributed by atoms with Crippen LogP contribution in [0, 0.1) is 0 Å². The van der Waals surface area contributed by atoms with Gasteiger partial charge in [0.25, 0.3) is 10.0 Å². The lowest BCUT2D eigenvalue weighted by atomic mass is 10.1. The lowest BCUT2D eigenvalue weighted by Gasteiger charge is -2.13. The van der Waals surface area contributed by atoms with Gasteiger partial charge in [-0.2, -0.15) is 0 Å². The second kappa shape index (κ2) is 6.79. The molecule has 0 amide bonds. The van der Waals surface area contributed by atoms with Crippen molar-refractivity contribution in [2.45, 2.75) is 11.4 Å². The van der Waals surface area contributed by atoms with E-state index < -0.39 is 10.0 Å². The van der Waals surface area contributed by atoms with E-state index in [-0.39, 0.29) is 4.90 Å². The minimum Gasteiger partial charge on any atom is -0.492 e. The average molecular weight is 389 g/mol. The molecule has 0 unspecified atom stereocenters. The van der Waals surface area contributed by atoms with Crippen molar-refractivity contribution in [2.75, 3.05) is 17.9 Å². The second-order valence-electron chi connectivity index (χ2n) is 6.04. The van der Waals surface area contributed by atoms with Crippen molar-refractivity contribution in [3.8, 4) is 5.75 Å². The minimum atomic E-state index is -3.76. The van der Waals surface area contributed by atoms with E-state index in [1.165, 1.54) is 6.07 Å². The third-order valence-electron chi connectivity index (χ3n) is 4.28. The van der Waals surface area contributed by atoms with Crippen LogP contribution >= 0.6 is 11.6 Å². The zero-order chi connectivity index (χ0) is 18.1. The van der Waals surface area contributed by atoms with Crippen LogP contribution in [0.1, 0.15) is 5.56 Å². The maximum atomic E-state index is 13.0. The highest BCUT2D eigenvalue weighted by Gasteiger charge is 2.19. The molecule has 0 saturated heterocycles. The number of nitrogens with one attached hydrogen (secondary N) is 2. The summed E-state index contributed by atoms with van der Waals surface area (Å²) in [5.74, 6) is 0.773. The molecule has 7 heteroatoms. The molecule has 5 nitrogen and oxygen atoms in total. The number of hydrogen-bond donors (Lipinski definition) is 2. The Morgan fingerprint density at radius 2 is 1.85 bits per heavy atom. The molecule has 0 aliphatic carbocycles. The van der Waals surface area contributed by atoms with Gasteiger partial charge in [0, 0.05) is 40.1 Å². The molecule has 0 fully saturated rings. The third kappa shape index (κ3) is 3.23. The molecule has 0 bridgehead atoms.